The normalized spacial score (nSPS) is 24.5. The van der Waals surface area contributed by atoms with Gasteiger partial charge in [-0.1, -0.05) is 5.16 Å². The molecule has 1 N–H and O–H groups in total. The molecule has 0 spiro atoms. The van der Waals surface area contributed by atoms with Crippen molar-refractivity contribution >= 4 is 11.9 Å². The first-order chi connectivity index (χ1) is 11.2. The minimum absolute atomic E-state index is 0.0633. The second-order valence-electron chi connectivity index (χ2n) is 7.20. The quantitative estimate of drug-likeness (QED) is 0.842. The largest absolute Gasteiger partial charge is 0.461 e. The van der Waals surface area contributed by atoms with Gasteiger partial charge in [0.05, 0.1) is 6.61 Å². The zero-order valence-electron chi connectivity index (χ0n) is 15.0. The van der Waals surface area contributed by atoms with Crippen LogP contribution in [0.4, 0.5) is 0 Å². The molecule has 7 heteroatoms. The zero-order chi connectivity index (χ0) is 18.0. The first kappa shape index (κ1) is 18.4. The lowest BCUT2D eigenvalue weighted by molar-refractivity contribution is -0.164. The SMILES string of the molecule is CCOC(=O)c1cc([C@@]2(C(=O)OC(C)(C)C)CC[C@@H](C)NC2)on1. The number of piperidine rings is 1. The van der Waals surface area contributed by atoms with Crippen molar-refractivity contribution in [2.75, 3.05) is 13.2 Å². The molecule has 0 aliphatic carbocycles. The van der Waals surface area contributed by atoms with Crippen molar-refractivity contribution in [3.63, 3.8) is 0 Å². The highest BCUT2D eigenvalue weighted by Gasteiger charge is 2.48. The summed E-state index contributed by atoms with van der Waals surface area (Å²) in [6.45, 7) is 9.86. The van der Waals surface area contributed by atoms with Gasteiger partial charge in [-0.3, -0.25) is 4.79 Å². The van der Waals surface area contributed by atoms with E-state index in [-0.39, 0.29) is 18.3 Å². The second kappa shape index (κ2) is 6.93. The first-order valence-electron chi connectivity index (χ1n) is 8.29. The first-order valence-corrected chi connectivity index (χ1v) is 8.29. The molecule has 0 saturated carbocycles. The maximum absolute atomic E-state index is 12.9. The van der Waals surface area contributed by atoms with Crippen LogP contribution >= 0.6 is 0 Å². The third kappa shape index (κ3) is 3.95. The summed E-state index contributed by atoms with van der Waals surface area (Å²) in [5.74, 6) is -0.607. The Hall–Kier alpha value is -1.89. The monoisotopic (exact) mass is 338 g/mol. The van der Waals surface area contributed by atoms with E-state index < -0.39 is 17.0 Å². The van der Waals surface area contributed by atoms with E-state index in [1.54, 1.807) is 6.92 Å². The third-order valence-electron chi connectivity index (χ3n) is 4.01. The highest BCUT2D eigenvalue weighted by molar-refractivity contribution is 5.88. The predicted molar refractivity (Wildman–Crippen MR) is 86.7 cm³/mol. The fourth-order valence-corrected chi connectivity index (χ4v) is 2.66. The van der Waals surface area contributed by atoms with Crippen LogP contribution in [-0.2, 0) is 19.7 Å². The summed E-state index contributed by atoms with van der Waals surface area (Å²) in [4.78, 5) is 24.7. The van der Waals surface area contributed by atoms with Crippen LogP contribution in [0.3, 0.4) is 0 Å². The van der Waals surface area contributed by atoms with E-state index in [1.807, 2.05) is 20.8 Å². The smallest absolute Gasteiger partial charge is 0.360 e. The number of esters is 2. The number of carbonyl (C=O) groups excluding carboxylic acids is 2. The lowest BCUT2D eigenvalue weighted by Gasteiger charge is -2.37. The van der Waals surface area contributed by atoms with Crippen LogP contribution in [0.25, 0.3) is 0 Å². The number of nitrogens with zero attached hydrogens (tertiary/aromatic N) is 1. The fourth-order valence-electron chi connectivity index (χ4n) is 2.66. The zero-order valence-corrected chi connectivity index (χ0v) is 15.0. The van der Waals surface area contributed by atoms with E-state index >= 15 is 0 Å². The average molecular weight is 338 g/mol. The Morgan fingerprint density at radius 1 is 1.46 bits per heavy atom. The van der Waals surface area contributed by atoms with Crippen molar-refractivity contribution in [3.05, 3.63) is 17.5 Å². The molecular weight excluding hydrogens is 312 g/mol. The number of carbonyl (C=O) groups is 2. The number of aromatic nitrogens is 1. The standard InChI is InChI=1S/C17H26N2O5/c1-6-22-14(20)12-9-13(24-19-12)17(8-7-11(2)18-10-17)15(21)23-16(3,4)5/h9,11,18H,6-8,10H2,1-5H3/t11-,17-/m1/s1. The van der Waals surface area contributed by atoms with E-state index in [1.165, 1.54) is 6.07 Å². The predicted octanol–water partition coefficient (Wildman–Crippen LogP) is 2.20. The lowest BCUT2D eigenvalue weighted by atomic mass is 9.76. The molecule has 2 heterocycles. The number of ether oxygens (including phenoxy) is 2. The number of hydrogen-bond acceptors (Lipinski definition) is 7. The van der Waals surface area contributed by atoms with E-state index in [4.69, 9.17) is 14.0 Å². The van der Waals surface area contributed by atoms with Gasteiger partial charge >= 0.3 is 11.9 Å². The Bertz CT molecular complexity index is 594. The minimum Gasteiger partial charge on any atom is -0.461 e. The topological polar surface area (TPSA) is 90.7 Å². The summed E-state index contributed by atoms with van der Waals surface area (Å²) in [5, 5.41) is 7.06. The number of hydrogen-bond donors (Lipinski definition) is 1. The van der Waals surface area contributed by atoms with Gasteiger partial charge < -0.3 is 19.3 Å². The molecule has 134 valence electrons. The molecular formula is C17H26N2O5. The molecule has 1 aromatic rings. The summed E-state index contributed by atoms with van der Waals surface area (Å²) in [7, 11) is 0. The van der Waals surface area contributed by atoms with Gasteiger partial charge in [-0.15, -0.1) is 0 Å². The Labute approximate surface area is 142 Å². The van der Waals surface area contributed by atoms with Crippen molar-refractivity contribution in [3.8, 4) is 0 Å². The molecule has 0 amide bonds. The second-order valence-corrected chi connectivity index (χ2v) is 7.20. The molecule has 0 unspecified atom stereocenters. The van der Waals surface area contributed by atoms with Crippen LogP contribution in [0.15, 0.2) is 10.6 Å². The van der Waals surface area contributed by atoms with Crippen molar-refractivity contribution in [2.45, 2.75) is 64.5 Å². The highest BCUT2D eigenvalue weighted by Crippen LogP contribution is 2.36. The summed E-state index contributed by atoms with van der Waals surface area (Å²) < 4.78 is 15.9. The molecule has 1 saturated heterocycles. The van der Waals surface area contributed by atoms with E-state index in [0.717, 1.165) is 6.42 Å². The van der Waals surface area contributed by atoms with Gasteiger partial charge in [0.25, 0.3) is 0 Å². The Morgan fingerprint density at radius 3 is 2.71 bits per heavy atom. The molecule has 1 aromatic heterocycles. The Kier molecular flexibility index (Phi) is 5.32. The molecule has 0 aromatic carbocycles. The summed E-state index contributed by atoms with van der Waals surface area (Å²) >= 11 is 0. The van der Waals surface area contributed by atoms with Crippen molar-refractivity contribution < 1.29 is 23.6 Å². The minimum atomic E-state index is -0.989. The summed E-state index contributed by atoms with van der Waals surface area (Å²) in [5.41, 5.74) is -1.54. The molecule has 24 heavy (non-hydrogen) atoms. The maximum atomic E-state index is 12.9. The molecule has 7 nitrogen and oxygen atoms in total. The number of rotatable bonds is 4. The van der Waals surface area contributed by atoms with Crippen molar-refractivity contribution in [1.29, 1.82) is 0 Å². The van der Waals surface area contributed by atoms with Gasteiger partial charge in [-0.05, 0) is 47.5 Å². The molecule has 2 rings (SSSR count). The molecule has 2 atom stereocenters. The molecule has 0 bridgehead atoms. The van der Waals surface area contributed by atoms with Crippen LogP contribution in [0.2, 0.25) is 0 Å². The molecule has 1 fully saturated rings. The third-order valence-corrected chi connectivity index (χ3v) is 4.01. The van der Waals surface area contributed by atoms with Crippen LogP contribution < -0.4 is 5.32 Å². The molecule has 1 aliphatic heterocycles. The van der Waals surface area contributed by atoms with E-state index in [9.17, 15) is 9.59 Å². The van der Waals surface area contributed by atoms with Crippen molar-refractivity contribution in [2.24, 2.45) is 0 Å². The van der Waals surface area contributed by atoms with Crippen molar-refractivity contribution in [1.82, 2.24) is 10.5 Å². The maximum Gasteiger partial charge on any atom is 0.360 e. The van der Waals surface area contributed by atoms with Crippen LogP contribution in [0.5, 0.6) is 0 Å². The highest BCUT2D eigenvalue weighted by atomic mass is 16.6. The Morgan fingerprint density at radius 2 is 2.17 bits per heavy atom. The molecule has 1 aliphatic rings. The molecule has 0 radical (unpaired) electrons. The van der Waals surface area contributed by atoms with E-state index in [0.29, 0.717) is 24.8 Å². The van der Waals surface area contributed by atoms with Crippen LogP contribution in [0, 0.1) is 0 Å². The van der Waals surface area contributed by atoms with Gasteiger partial charge in [0, 0.05) is 18.7 Å². The van der Waals surface area contributed by atoms with Gasteiger partial charge in [0.1, 0.15) is 11.0 Å². The average Bonchev–Trinajstić information content (AvgIpc) is 2.97. The lowest BCUT2D eigenvalue weighted by Crippen LogP contribution is -2.53. The number of nitrogens with one attached hydrogen (secondary N) is 1. The van der Waals surface area contributed by atoms with Gasteiger partial charge in [0.2, 0.25) is 0 Å². The Balaban J connectivity index is 2.33. The summed E-state index contributed by atoms with van der Waals surface area (Å²) in [6, 6.07) is 1.78. The summed E-state index contributed by atoms with van der Waals surface area (Å²) in [6.07, 6.45) is 1.35. The van der Waals surface area contributed by atoms with Gasteiger partial charge in [0.15, 0.2) is 11.5 Å². The fraction of sp³-hybridized carbons (Fsp3) is 0.706. The van der Waals surface area contributed by atoms with E-state index in [2.05, 4.69) is 17.4 Å². The van der Waals surface area contributed by atoms with Gasteiger partial charge in [-0.2, -0.15) is 0 Å². The van der Waals surface area contributed by atoms with Crippen LogP contribution in [0.1, 0.15) is 63.7 Å². The van der Waals surface area contributed by atoms with Crippen LogP contribution in [-0.4, -0.2) is 41.9 Å². The van der Waals surface area contributed by atoms with Gasteiger partial charge in [-0.25, -0.2) is 4.79 Å².